The molecule has 2 rings (SSSR count). The van der Waals surface area contributed by atoms with Crippen LogP contribution in [-0.4, -0.2) is 21.2 Å². The Hall–Kier alpha value is -0.560. The first-order chi connectivity index (χ1) is 9.11. The number of halogens is 3. The maximum absolute atomic E-state index is 13.5. The quantitative estimate of drug-likeness (QED) is 0.472. The fourth-order valence-corrected chi connectivity index (χ4v) is 3.10. The second-order valence-electron chi connectivity index (χ2n) is 3.34. The van der Waals surface area contributed by atoms with Gasteiger partial charge in [0.2, 0.25) is 0 Å². The van der Waals surface area contributed by atoms with Gasteiger partial charge in [0.15, 0.2) is 16.1 Å². The highest BCUT2D eigenvalue weighted by Gasteiger charge is 2.13. The summed E-state index contributed by atoms with van der Waals surface area (Å²) in [6.45, 7) is 0. The van der Waals surface area contributed by atoms with E-state index < -0.39 is 5.82 Å². The molecule has 8 heteroatoms. The highest BCUT2D eigenvalue weighted by Crippen LogP contribution is 2.28. The van der Waals surface area contributed by atoms with Crippen molar-refractivity contribution in [2.75, 3.05) is 6.26 Å². The number of aromatic nitrogens is 3. The summed E-state index contributed by atoms with van der Waals surface area (Å²) in [7, 11) is 0. The lowest BCUT2D eigenvalue weighted by Gasteiger charge is -2.05. The Morgan fingerprint density at radius 2 is 2.11 bits per heavy atom. The molecule has 0 spiro atoms. The first-order valence-corrected chi connectivity index (χ1v) is 8.07. The van der Waals surface area contributed by atoms with Crippen molar-refractivity contribution in [3.63, 3.8) is 0 Å². The van der Waals surface area contributed by atoms with Crippen LogP contribution in [0.4, 0.5) is 4.39 Å². The van der Waals surface area contributed by atoms with Crippen LogP contribution in [0, 0.1) is 5.82 Å². The highest BCUT2D eigenvalue weighted by molar-refractivity contribution is 7.99. The number of nitrogens with zero attached hydrogens (tertiary/aromatic N) is 3. The highest BCUT2D eigenvalue weighted by atomic mass is 35.5. The molecule has 0 radical (unpaired) electrons. The molecule has 0 saturated heterocycles. The average molecular weight is 336 g/mol. The van der Waals surface area contributed by atoms with E-state index in [1.807, 2.05) is 0 Å². The topological polar surface area (TPSA) is 38.7 Å². The second-order valence-corrected chi connectivity index (χ2v) is 5.84. The smallest absolute Gasteiger partial charge is 0.192 e. The molecule has 0 aliphatic rings. The van der Waals surface area contributed by atoms with Gasteiger partial charge in [0.1, 0.15) is 5.03 Å². The van der Waals surface area contributed by atoms with Crippen LogP contribution in [0.15, 0.2) is 28.5 Å². The minimum atomic E-state index is -0.589. The van der Waals surface area contributed by atoms with E-state index in [0.29, 0.717) is 15.9 Å². The van der Waals surface area contributed by atoms with Gasteiger partial charge in [-0.1, -0.05) is 35.0 Å². The third kappa shape index (κ3) is 3.72. The van der Waals surface area contributed by atoms with Gasteiger partial charge < -0.3 is 0 Å². The van der Waals surface area contributed by atoms with Gasteiger partial charge in [-0.15, -0.1) is 11.8 Å². The fourth-order valence-electron chi connectivity index (χ4n) is 1.24. The molecule has 0 bridgehead atoms. The maximum atomic E-state index is 13.5. The SMILES string of the molecule is CSc1nc(SCc2ncccc2Cl)nc(Cl)c1F. The summed E-state index contributed by atoms with van der Waals surface area (Å²) in [5.74, 6) is -0.0930. The molecule has 0 atom stereocenters. The Kier molecular flexibility index (Phi) is 5.27. The molecule has 2 aromatic rings. The summed E-state index contributed by atoms with van der Waals surface area (Å²) in [6, 6.07) is 3.52. The van der Waals surface area contributed by atoms with Crippen LogP contribution in [0.3, 0.4) is 0 Å². The summed E-state index contributed by atoms with van der Waals surface area (Å²) >= 11 is 14.2. The summed E-state index contributed by atoms with van der Waals surface area (Å²) in [5.41, 5.74) is 0.726. The lowest BCUT2D eigenvalue weighted by molar-refractivity contribution is 0.568. The molecule has 3 nitrogen and oxygen atoms in total. The van der Waals surface area contributed by atoms with Gasteiger partial charge in [0.05, 0.1) is 10.7 Å². The molecule has 0 aliphatic heterocycles. The van der Waals surface area contributed by atoms with Crippen molar-refractivity contribution < 1.29 is 4.39 Å². The number of pyridine rings is 1. The number of hydrogen-bond donors (Lipinski definition) is 0. The number of rotatable bonds is 4. The van der Waals surface area contributed by atoms with E-state index in [2.05, 4.69) is 15.0 Å². The van der Waals surface area contributed by atoms with Gasteiger partial charge in [0.25, 0.3) is 0 Å². The fraction of sp³-hybridized carbons (Fsp3) is 0.182. The van der Waals surface area contributed by atoms with Gasteiger partial charge in [-0.05, 0) is 18.4 Å². The van der Waals surface area contributed by atoms with E-state index in [9.17, 15) is 4.39 Å². The van der Waals surface area contributed by atoms with Gasteiger partial charge in [-0.2, -0.15) is 0 Å². The van der Waals surface area contributed by atoms with Gasteiger partial charge >= 0.3 is 0 Å². The van der Waals surface area contributed by atoms with Gasteiger partial charge in [0, 0.05) is 11.9 Å². The molecule has 0 unspecified atom stereocenters. The van der Waals surface area contributed by atoms with E-state index in [1.54, 1.807) is 24.6 Å². The second kappa shape index (κ2) is 6.74. The normalized spacial score (nSPS) is 10.7. The Morgan fingerprint density at radius 1 is 1.32 bits per heavy atom. The zero-order valence-corrected chi connectivity index (χ0v) is 12.9. The van der Waals surface area contributed by atoms with E-state index in [-0.39, 0.29) is 10.2 Å². The van der Waals surface area contributed by atoms with Crippen LogP contribution in [0.5, 0.6) is 0 Å². The largest absolute Gasteiger partial charge is 0.259 e. The molecule has 2 aromatic heterocycles. The molecular weight excluding hydrogens is 328 g/mol. The molecule has 0 saturated carbocycles. The minimum absolute atomic E-state index is 0.172. The minimum Gasteiger partial charge on any atom is -0.259 e. The van der Waals surface area contributed by atoms with Crippen LogP contribution in [0.25, 0.3) is 0 Å². The van der Waals surface area contributed by atoms with Gasteiger partial charge in [-0.3, -0.25) is 4.98 Å². The lowest BCUT2D eigenvalue weighted by Crippen LogP contribution is -1.96. The summed E-state index contributed by atoms with van der Waals surface area (Å²) in [4.78, 5) is 12.1. The molecule has 0 aliphatic carbocycles. The summed E-state index contributed by atoms with van der Waals surface area (Å²) in [6.07, 6.45) is 3.39. The van der Waals surface area contributed by atoms with E-state index in [0.717, 1.165) is 5.69 Å². The van der Waals surface area contributed by atoms with E-state index >= 15 is 0 Å². The van der Waals surface area contributed by atoms with Crippen LogP contribution in [-0.2, 0) is 5.75 Å². The molecule has 0 N–H and O–H groups in total. The molecular formula is C11H8Cl2FN3S2. The van der Waals surface area contributed by atoms with Crippen molar-refractivity contribution in [3.05, 3.63) is 40.0 Å². The Morgan fingerprint density at radius 3 is 2.79 bits per heavy atom. The monoisotopic (exact) mass is 335 g/mol. The van der Waals surface area contributed by atoms with Crippen LogP contribution in [0.1, 0.15) is 5.69 Å². The van der Waals surface area contributed by atoms with Crippen LogP contribution >= 0.6 is 46.7 Å². The predicted octanol–water partition coefficient (Wildman–Crippen LogP) is 4.33. The van der Waals surface area contributed by atoms with Crippen molar-refractivity contribution in [1.82, 2.24) is 15.0 Å². The molecule has 19 heavy (non-hydrogen) atoms. The molecule has 2 heterocycles. The van der Waals surface area contributed by atoms with Gasteiger partial charge in [-0.25, -0.2) is 14.4 Å². The van der Waals surface area contributed by atoms with Crippen molar-refractivity contribution >= 4 is 46.7 Å². The van der Waals surface area contributed by atoms with E-state index in [4.69, 9.17) is 23.2 Å². The van der Waals surface area contributed by atoms with Crippen LogP contribution in [0.2, 0.25) is 10.2 Å². The van der Waals surface area contributed by atoms with Crippen LogP contribution < -0.4 is 0 Å². The van der Waals surface area contributed by atoms with E-state index in [1.165, 1.54) is 23.5 Å². The Balaban J connectivity index is 2.16. The number of hydrogen-bond acceptors (Lipinski definition) is 5. The van der Waals surface area contributed by atoms with Crippen molar-refractivity contribution in [3.8, 4) is 0 Å². The average Bonchev–Trinajstić information content (AvgIpc) is 2.41. The zero-order chi connectivity index (χ0) is 13.8. The molecule has 0 fully saturated rings. The number of thioether (sulfide) groups is 2. The first-order valence-electron chi connectivity index (χ1n) is 5.11. The summed E-state index contributed by atoms with van der Waals surface area (Å²) < 4.78 is 13.5. The zero-order valence-electron chi connectivity index (χ0n) is 9.73. The third-order valence-electron chi connectivity index (χ3n) is 2.13. The Bertz CT molecular complexity index is 598. The molecule has 0 aromatic carbocycles. The third-order valence-corrected chi connectivity index (χ3v) is 4.24. The Labute approximate surface area is 128 Å². The first kappa shape index (κ1) is 14.8. The standard InChI is InChI=1S/C11H8Cl2FN3S2/c1-18-10-8(14)9(13)16-11(17-10)19-5-7-6(12)3-2-4-15-7/h2-4H,5H2,1H3. The predicted molar refractivity (Wildman–Crippen MR) is 77.6 cm³/mol. The van der Waals surface area contributed by atoms with Crippen molar-refractivity contribution in [1.29, 1.82) is 0 Å². The molecule has 100 valence electrons. The maximum Gasteiger partial charge on any atom is 0.192 e. The van der Waals surface area contributed by atoms with Crippen molar-refractivity contribution in [2.45, 2.75) is 15.9 Å². The van der Waals surface area contributed by atoms with Crippen molar-refractivity contribution in [2.24, 2.45) is 0 Å². The molecule has 0 amide bonds. The lowest BCUT2D eigenvalue weighted by atomic mass is 10.4. The summed E-state index contributed by atoms with van der Waals surface area (Å²) in [5, 5.41) is 1.04.